The van der Waals surface area contributed by atoms with Crippen LogP contribution in [0, 0.1) is 0 Å². The van der Waals surface area contributed by atoms with Crippen LogP contribution in [0.25, 0.3) is 22.3 Å². The molecule has 242 valence electrons. The highest BCUT2D eigenvalue weighted by atomic mass is 35.5. The molecule has 0 saturated heterocycles. The molecule has 2 aromatic heterocycles. The number of nitrogens with two attached hydrogens (primary N) is 2. The average Bonchev–Trinajstić information content (AvgIpc) is 3.60. The Bertz CT molecular complexity index is 1920. The summed E-state index contributed by atoms with van der Waals surface area (Å²) in [6.07, 6.45) is 2.00. The summed E-state index contributed by atoms with van der Waals surface area (Å²) >= 11 is 6.56. The van der Waals surface area contributed by atoms with Crippen LogP contribution in [0.15, 0.2) is 54.6 Å². The van der Waals surface area contributed by atoms with Gasteiger partial charge < -0.3 is 27.2 Å². The highest BCUT2D eigenvalue weighted by Gasteiger charge is 2.22. The fourth-order valence-corrected chi connectivity index (χ4v) is 5.45. The lowest BCUT2D eigenvalue weighted by Gasteiger charge is -2.15. The fourth-order valence-electron chi connectivity index (χ4n) is 5.13. The Morgan fingerprint density at radius 3 is 2.51 bits per heavy atom. The zero-order chi connectivity index (χ0) is 33.5. The number of benzene rings is 3. The Kier molecular flexibility index (Phi) is 10.2. The van der Waals surface area contributed by atoms with Gasteiger partial charge in [-0.25, -0.2) is 9.78 Å². The number of carbonyl (C=O) groups is 3. The summed E-state index contributed by atoms with van der Waals surface area (Å²) in [6.45, 7) is 2.37. The molecule has 8 N–H and O–H groups in total. The molecule has 0 radical (unpaired) electrons. The predicted molar refractivity (Wildman–Crippen MR) is 178 cm³/mol. The van der Waals surface area contributed by atoms with Crippen LogP contribution in [-0.4, -0.2) is 59.4 Å². The van der Waals surface area contributed by atoms with E-state index < -0.39 is 17.9 Å². The molecular formula is C32H33ClN10O4. The number of aryl methyl sites for hydroxylation is 1. The summed E-state index contributed by atoms with van der Waals surface area (Å²) in [4.78, 5) is 46.0. The van der Waals surface area contributed by atoms with Crippen molar-refractivity contribution in [1.82, 2.24) is 35.9 Å². The molecule has 0 fully saturated rings. The molecular weight excluding hydrogens is 624 g/mol. The predicted octanol–water partition coefficient (Wildman–Crippen LogP) is 4.43. The molecule has 0 aliphatic heterocycles. The normalized spacial score (nSPS) is 11.7. The number of carboxylic acid groups (broad SMARTS) is 1. The van der Waals surface area contributed by atoms with Crippen molar-refractivity contribution in [1.29, 1.82) is 0 Å². The number of nitrogens with zero attached hydrogens (tertiary/aromatic N) is 5. The Labute approximate surface area is 274 Å². The molecule has 0 spiro atoms. The Morgan fingerprint density at radius 1 is 1.02 bits per heavy atom. The molecule has 47 heavy (non-hydrogen) atoms. The van der Waals surface area contributed by atoms with Crippen LogP contribution >= 0.6 is 11.6 Å². The van der Waals surface area contributed by atoms with Crippen LogP contribution in [0.5, 0.6) is 0 Å². The summed E-state index contributed by atoms with van der Waals surface area (Å²) < 4.78 is 0. The van der Waals surface area contributed by atoms with E-state index in [1.807, 2.05) is 25.1 Å². The first-order chi connectivity index (χ1) is 22.6. The topological polar surface area (TPSA) is 228 Å². The van der Waals surface area contributed by atoms with E-state index in [1.165, 1.54) is 0 Å². The number of aliphatic carboxylic acids is 1. The third-order valence-electron chi connectivity index (χ3n) is 7.69. The number of halogens is 1. The number of ketones is 1. The number of fused-ring (bicyclic) bond motifs is 1. The van der Waals surface area contributed by atoms with Gasteiger partial charge in [-0.3, -0.25) is 9.59 Å². The van der Waals surface area contributed by atoms with Gasteiger partial charge in [0.05, 0.1) is 15.9 Å². The molecule has 0 aliphatic carbocycles. The molecule has 14 nitrogen and oxygen atoms in total. The van der Waals surface area contributed by atoms with Crippen LogP contribution in [0.1, 0.15) is 64.4 Å². The highest BCUT2D eigenvalue weighted by molar-refractivity contribution is 6.37. The molecule has 0 unspecified atom stereocenters. The van der Waals surface area contributed by atoms with Gasteiger partial charge >= 0.3 is 5.97 Å². The van der Waals surface area contributed by atoms with Gasteiger partial charge in [-0.2, -0.15) is 10.2 Å². The number of carboxylic acids is 1. The summed E-state index contributed by atoms with van der Waals surface area (Å²) in [5.74, 6) is -1.19. The van der Waals surface area contributed by atoms with E-state index in [1.54, 1.807) is 36.4 Å². The van der Waals surface area contributed by atoms with Crippen LogP contribution in [-0.2, 0) is 17.8 Å². The van der Waals surface area contributed by atoms with E-state index in [9.17, 15) is 19.5 Å². The lowest BCUT2D eigenvalue weighted by Crippen LogP contribution is -2.40. The molecule has 5 rings (SSSR count). The van der Waals surface area contributed by atoms with Crippen molar-refractivity contribution >= 4 is 57.6 Å². The number of tetrazole rings is 1. The summed E-state index contributed by atoms with van der Waals surface area (Å²) in [7, 11) is 0. The van der Waals surface area contributed by atoms with Crippen molar-refractivity contribution in [3.05, 3.63) is 81.9 Å². The second-order valence-corrected chi connectivity index (χ2v) is 11.2. The smallest absolute Gasteiger partial charge is 0.326 e. The lowest BCUT2D eigenvalue weighted by molar-refractivity contribution is -0.139. The quantitative estimate of drug-likeness (QED) is 0.0720. The van der Waals surface area contributed by atoms with Crippen molar-refractivity contribution < 1.29 is 19.5 Å². The molecule has 1 atom stereocenters. The third-order valence-corrected chi connectivity index (χ3v) is 8.12. The maximum Gasteiger partial charge on any atom is 0.326 e. The van der Waals surface area contributed by atoms with Crippen LogP contribution in [0.3, 0.4) is 0 Å². The van der Waals surface area contributed by atoms with E-state index in [4.69, 9.17) is 23.1 Å². The maximum absolute atomic E-state index is 13.1. The fraction of sp³-hybridized carbons (Fsp3) is 0.250. The second-order valence-electron chi connectivity index (χ2n) is 10.8. The lowest BCUT2D eigenvalue weighted by atomic mass is 9.96. The van der Waals surface area contributed by atoms with E-state index in [0.29, 0.717) is 63.5 Å². The number of hydrogen-bond acceptors (Lipinski definition) is 11. The zero-order valence-corrected chi connectivity index (χ0v) is 26.2. The number of nitrogen functional groups attached to an aromatic ring is 2. The van der Waals surface area contributed by atoms with Gasteiger partial charge in [0.1, 0.15) is 11.9 Å². The number of Topliss-reactive ketones (excluding diaryl/α,β-unsaturated/α-hetero) is 1. The highest BCUT2D eigenvalue weighted by Crippen LogP contribution is 2.31. The molecule has 0 aliphatic rings. The van der Waals surface area contributed by atoms with E-state index in [0.717, 1.165) is 17.5 Å². The summed E-state index contributed by atoms with van der Waals surface area (Å²) in [6, 6.07) is 14.6. The SMILES string of the molecule is CCc1ccc(C(=O)CCCC[C@H](NC(=O)c2ccc(NCc3ccc4nc(N)nc(N)c4c3Cl)cc2)C(=O)O)c(-c2nn[nH]n2)c1. The number of unbranched alkanes of at least 4 members (excludes halogenated alkanes) is 1. The zero-order valence-electron chi connectivity index (χ0n) is 25.5. The minimum atomic E-state index is -1.15. The van der Waals surface area contributed by atoms with Crippen LogP contribution < -0.4 is 22.1 Å². The number of rotatable bonds is 14. The van der Waals surface area contributed by atoms with Gasteiger partial charge in [-0.1, -0.05) is 43.1 Å². The van der Waals surface area contributed by atoms with Gasteiger partial charge in [0.15, 0.2) is 5.78 Å². The first-order valence-electron chi connectivity index (χ1n) is 14.9. The number of anilines is 3. The van der Waals surface area contributed by atoms with Gasteiger partial charge in [0, 0.05) is 35.3 Å². The number of hydrogen-bond donors (Lipinski definition) is 6. The molecule has 5 aromatic rings. The van der Waals surface area contributed by atoms with E-state index in [-0.39, 0.29) is 30.4 Å². The van der Waals surface area contributed by atoms with Gasteiger partial charge in [0.25, 0.3) is 5.91 Å². The Hall–Kier alpha value is -5.63. The number of nitrogens with one attached hydrogen (secondary N) is 3. The molecule has 1 amide bonds. The average molecular weight is 657 g/mol. The summed E-state index contributed by atoms with van der Waals surface area (Å²) in [5, 5.41) is 30.5. The number of H-pyrrole nitrogens is 1. The molecule has 0 bridgehead atoms. The van der Waals surface area contributed by atoms with Crippen molar-refractivity contribution in [3.8, 4) is 11.4 Å². The Morgan fingerprint density at radius 2 is 1.81 bits per heavy atom. The largest absolute Gasteiger partial charge is 0.480 e. The molecule has 0 saturated carbocycles. The van der Waals surface area contributed by atoms with Gasteiger partial charge in [0.2, 0.25) is 11.8 Å². The third kappa shape index (κ3) is 7.79. The second kappa shape index (κ2) is 14.6. The number of aromatic amines is 1. The van der Waals surface area contributed by atoms with Crippen molar-refractivity contribution in [3.63, 3.8) is 0 Å². The van der Waals surface area contributed by atoms with Crippen molar-refractivity contribution in [2.24, 2.45) is 0 Å². The number of carbonyl (C=O) groups excluding carboxylic acids is 2. The van der Waals surface area contributed by atoms with E-state index >= 15 is 0 Å². The van der Waals surface area contributed by atoms with Gasteiger partial charge in [-0.05, 0) is 72.0 Å². The Balaban J connectivity index is 1.13. The van der Waals surface area contributed by atoms with Gasteiger partial charge in [-0.15, -0.1) is 10.2 Å². The maximum atomic E-state index is 13.1. The molecule has 15 heteroatoms. The molecule has 3 aromatic carbocycles. The first kappa shape index (κ1) is 32.8. The van der Waals surface area contributed by atoms with Crippen LogP contribution in [0.4, 0.5) is 17.5 Å². The molecule has 2 heterocycles. The van der Waals surface area contributed by atoms with Crippen molar-refractivity contribution in [2.75, 3.05) is 16.8 Å². The van der Waals surface area contributed by atoms with Crippen LogP contribution in [0.2, 0.25) is 5.02 Å². The number of amides is 1. The summed E-state index contributed by atoms with van der Waals surface area (Å²) in [5.41, 5.74) is 16.1. The minimum Gasteiger partial charge on any atom is -0.480 e. The van der Waals surface area contributed by atoms with Crippen molar-refractivity contribution in [2.45, 2.75) is 51.6 Å². The van der Waals surface area contributed by atoms with E-state index in [2.05, 4.69) is 41.2 Å². The minimum absolute atomic E-state index is 0.0634. The standard InChI is InChI=1S/C32H33ClN10O4/c1-2-17-7-13-21(22(15-17)29-40-42-43-41-29)25(44)6-4-3-5-24(31(46)47)37-30(45)18-8-11-20(12-9-18)36-16-19-10-14-23-26(27(19)33)28(34)39-32(35)38-23/h7-15,24,36H,2-6,16H2,1H3,(H,37,45)(H,46,47)(H4,34,35,38,39)(H,40,41,42,43)/t24-/m0/s1. The monoisotopic (exact) mass is 656 g/mol. The number of aromatic nitrogens is 6. The first-order valence-corrected chi connectivity index (χ1v) is 15.3.